The lowest BCUT2D eigenvalue weighted by Crippen LogP contribution is -2.29. The standard InChI is InChI=1S/C9H11BrN2OS2/c1-12(5-4-8(11)14)9(13)6-2-3-7(10)15-6/h2-3H,4-5H2,1H3,(H2,11,14). The molecule has 82 valence electrons. The zero-order valence-electron chi connectivity index (χ0n) is 8.20. The summed E-state index contributed by atoms with van der Waals surface area (Å²) in [5.74, 6) is 0.00181. The number of carbonyl (C=O) groups is 1. The molecule has 0 aliphatic heterocycles. The van der Waals surface area contributed by atoms with E-state index in [0.717, 1.165) is 3.79 Å². The van der Waals surface area contributed by atoms with E-state index >= 15 is 0 Å². The molecular weight excluding hydrogens is 296 g/mol. The lowest BCUT2D eigenvalue weighted by atomic mass is 10.3. The zero-order valence-corrected chi connectivity index (χ0v) is 11.4. The predicted octanol–water partition coefficient (Wildman–Crippen LogP) is 2.26. The van der Waals surface area contributed by atoms with E-state index in [9.17, 15) is 4.79 Å². The van der Waals surface area contributed by atoms with Crippen LogP contribution in [0.25, 0.3) is 0 Å². The molecule has 1 heterocycles. The third kappa shape index (κ3) is 3.89. The van der Waals surface area contributed by atoms with Gasteiger partial charge in [-0.25, -0.2) is 0 Å². The molecule has 1 rings (SSSR count). The van der Waals surface area contributed by atoms with Crippen molar-refractivity contribution >= 4 is 50.4 Å². The van der Waals surface area contributed by atoms with Crippen LogP contribution < -0.4 is 5.73 Å². The minimum atomic E-state index is 0.00181. The predicted molar refractivity (Wildman–Crippen MR) is 70.4 cm³/mol. The second-order valence-corrected chi connectivity index (χ2v) is 6.03. The van der Waals surface area contributed by atoms with Crippen LogP contribution in [0, 0.1) is 0 Å². The summed E-state index contributed by atoms with van der Waals surface area (Å²) in [6.45, 7) is 0.559. The Kier molecular flexibility index (Phi) is 4.69. The Morgan fingerprint density at radius 1 is 1.67 bits per heavy atom. The first-order valence-corrected chi connectivity index (χ1v) is 6.31. The highest BCUT2D eigenvalue weighted by Crippen LogP contribution is 2.22. The minimum Gasteiger partial charge on any atom is -0.393 e. The fourth-order valence-electron chi connectivity index (χ4n) is 0.997. The second kappa shape index (κ2) is 5.58. The van der Waals surface area contributed by atoms with Gasteiger partial charge in [0.25, 0.3) is 5.91 Å². The number of thiophene rings is 1. The summed E-state index contributed by atoms with van der Waals surface area (Å²) < 4.78 is 0.952. The van der Waals surface area contributed by atoms with Crippen molar-refractivity contribution in [2.45, 2.75) is 6.42 Å². The largest absolute Gasteiger partial charge is 0.393 e. The van der Waals surface area contributed by atoms with Crippen molar-refractivity contribution in [1.29, 1.82) is 0 Å². The molecule has 3 nitrogen and oxygen atoms in total. The van der Waals surface area contributed by atoms with Gasteiger partial charge in [0.1, 0.15) is 0 Å². The van der Waals surface area contributed by atoms with Crippen LogP contribution in [-0.4, -0.2) is 29.4 Å². The number of thiocarbonyl (C=S) groups is 1. The third-order valence-electron chi connectivity index (χ3n) is 1.82. The lowest BCUT2D eigenvalue weighted by Gasteiger charge is -2.15. The topological polar surface area (TPSA) is 46.3 Å². The molecule has 0 fully saturated rings. The molecule has 0 aromatic carbocycles. The van der Waals surface area contributed by atoms with E-state index in [0.29, 0.717) is 22.8 Å². The molecule has 0 bridgehead atoms. The van der Waals surface area contributed by atoms with Crippen molar-refractivity contribution in [2.24, 2.45) is 5.73 Å². The quantitative estimate of drug-likeness (QED) is 0.868. The molecule has 0 saturated carbocycles. The van der Waals surface area contributed by atoms with E-state index in [2.05, 4.69) is 15.9 Å². The fourth-order valence-corrected chi connectivity index (χ4v) is 2.47. The third-order valence-corrected chi connectivity index (χ3v) is 3.64. The average molecular weight is 307 g/mol. The molecule has 0 spiro atoms. The van der Waals surface area contributed by atoms with Crippen molar-refractivity contribution in [2.75, 3.05) is 13.6 Å². The molecule has 15 heavy (non-hydrogen) atoms. The van der Waals surface area contributed by atoms with Crippen molar-refractivity contribution in [3.63, 3.8) is 0 Å². The highest BCUT2D eigenvalue weighted by molar-refractivity contribution is 9.11. The van der Waals surface area contributed by atoms with Crippen LogP contribution in [0.5, 0.6) is 0 Å². The highest BCUT2D eigenvalue weighted by atomic mass is 79.9. The van der Waals surface area contributed by atoms with E-state index in [1.54, 1.807) is 18.0 Å². The van der Waals surface area contributed by atoms with Gasteiger partial charge in [-0.2, -0.15) is 0 Å². The van der Waals surface area contributed by atoms with E-state index < -0.39 is 0 Å². The van der Waals surface area contributed by atoms with E-state index in [1.807, 2.05) is 6.07 Å². The number of carbonyl (C=O) groups excluding carboxylic acids is 1. The second-order valence-electron chi connectivity index (χ2n) is 3.05. The summed E-state index contributed by atoms with van der Waals surface area (Å²) in [7, 11) is 1.74. The van der Waals surface area contributed by atoms with Crippen molar-refractivity contribution in [3.05, 3.63) is 20.8 Å². The number of nitrogens with two attached hydrogens (primary N) is 1. The van der Waals surface area contributed by atoms with Gasteiger partial charge < -0.3 is 10.6 Å². The monoisotopic (exact) mass is 306 g/mol. The Balaban J connectivity index is 2.57. The maximum atomic E-state index is 11.8. The van der Waals surface area contributed by atoms with Crippen molar-refractivity contribution in [3.8, 4) is 0 Å². The molecule has 0 radical (unpaired) electrons. The Labute approximate surface area is 106 Å². The number of halogens is 1. The van der Waals surface area contributed by atoms with Crippen LogP contribution in [-0.2, 0) is 0 Å². The van der Waals surface area contributed by atoms with Gasteiger partial charge in [-0.15, -0.1) is 11.3 Å². The Bertz CT molecular complexity index is 378. The summed E-state index contributed by atoms with van der Waals surface area (Å²) in [5.41, 5.74) is 5.37. The highest BCUT2D eigenvalue weighted by Gasteiger charge is 2.13. The fraction of sp³-hybridized carbons (Fsp3) is 0.333. The Morgan fingerprint density at radius 3 is 2.80 bits per heavy atom. The number of nitrogens with zero attached hydrogens (tertiary/aromatic N) is 1. The molecule has 0 unspecified atom stereocenters. The van der Waals surface area contributed by atoms with Crippen LogP contribution in [0.4, 0.5) is 0 Å². The average Bonchev–Trinajstić information content (AvgIpc) is 2.60. The molecule has 0 atom stereocenters. The van der Waals surface area contributed by atoms with E-state index in [1.165, 1.54) is 11.3 Å². The first kappa shape index (κ1) is 12.6. The van der Waals surface area contributed by atoms with Gasteiger partial charge >= 0.3 is 0 Å². The number of rotatable bonds is 4. The van der Waals surface area contributed by atoms with Gasteiger partial charge in [0, 0.05) is 20.0 Å². The lowest BCUT2D eigenvalue weighted by molar-refractivity contribution is 0.0803. The summed E-state index contributed by atoms with van der Waals surface area (Å²) in [5, 5.41) is 0. The Morgan fingerprint density at radius 2 is 2.33 bits per heavy atom. The smallest absolute Gasteiger partial charge is 0.263 e. The molecule has 1 amide bonds. The summed E-state index contributed by atoms with van der Waals surface area (Å²) in [4.78, 5) is 14.6. The maximum Gasteiger partial charge on any atom is 0.263 e. The first-order valence-electron chi connectivity index (χ1n) is 4.30. The molecule has 0 aliphatic carbocycles. The zero-order chi connectivity index (χ0) is 11.4. The number of amides is 1. The first-order chi connectivity index (χ1) is 7.00. The van der Waals surface area contributed by atoms with Crippen molar-refractivity contribution in [1.82, 2.24) is 4.90 Å². The van der Waals surface area contributed by atoms with Crippen LogP contribution in [0.2, 0.25) is 0 Å². The van der Waals surface area contributed by atoms with Crippen molar-refractivity contribution < 1.29 is 4.79 Å². The van der Waals surface area contributed by atoms with Gasteiger partial charge in [-0.1, -0.05) is 12.2 Å². The van der Waals surface area contributed by atoms with Crippen LogP contribution in [0.1, 0.15) is 16.1 Å². The SMILES string of the molecule is CN(CCC(N)=S)C(=O)c1ccc(Br)s1. The molecule has 0 aliphatic rings. The molecular formula is C9H11BrN2OS2. The normalized spacial score (nSPS) is 10.0. The number of hydrogen-bond donors (Lipinski definition) is 1. The van der Waals surface area contributed by atoms with Crippen LogP contribution in [0.3, 0.4) is 0 Å². The number of hydrogen-bond acceptors (Lipinski definition) is 3. The molecule has 6 heteroatoms. The Hall–Kier alpha value is -0.460. The molecule has 1 aromatic heterocycles. The van der Waals surface area contributed by atoms with Crippen LogP contribution >= 0.6 is 39.5 Å². The molecule has 2 N–H and O–H groups in total. The summed E-state index contributed by atoms with van der Waals surface area (Å²) >= 11 is 9.49. The summed E-state index contributed by atoms with van der Waals surface area (Å²) in [6, 6.07) is 3.66. The van der Waals surface area contributed by atoms with E-state index in [4.69, 9.17) is 18.0 Å². The minimum absolute atomic E-state index is 0.00181. The molecule has 0 saturated heterocycles. The van der Waals surface area contributed by atoms with Gasteiger partial charge in [-0.05, 0) is 28.1 Å². The van der Waals surface area contributed by atoms with Gasteiger partial charge in [0.2, 0.25) is 0 Å². The van der Waals surface area contributed by atoms with Gasteiger partial charge in [0.05, 0.1) is 13.7 Å². The van der Waals surface area contributed by atoms with E-state index in [-0.39, 0.29) is 5.91 Å². The van der Waals surface area contributed by atoms with Crippen LogP contribution in [0.15, 0.2) is 15.9 Å². The molecule has 1 aromatic rings. The van der Waals surface area contributed by atoms with Gasteiger partial charge in [-0.3, -0.25) is 4.79 Å². The summed E-state index contributed by atoms with van der Waals surface area (Å²) in [6.07, 6.45) is 0.560. The van der Waals surface area contributed by atoms with Gasteiger partial charge in [0.15, 0.2) is 0 Å². The maximum absolute atomic E-state index is 11.8.